The molecule has 0 spiro atoms. The summed E-state index contributed by atoms with van der Waals surface area (Å²) in [7, 11) is 0. The summed E-state index contributed by atoms with van der Waals surface area (Å²) >= 11 is 1.66. The Morgan fingerprint density at radius 3 is 2.54 bits per heavy atom. The lowest BCUT2D eigenvalue weighted by Gasteiger charge is -2.17. The molecule has 4 rings (SSSR count). The van der Waals surface area contributed by atoms with Crippen LogP contribution in [0.25, 0.3) is 5.69 Å². The van der Waals surface area contributed by atoms with Gasteiger partial charge in [-0.25, -0.2) is 4.68 Å². The van der Waals surface area contributed by atoms with Crippen molar-refractivity contribution >= 4 is 23.5 Å². The van der Waals surface area contributed by atoms with Crippen LogP contribution in [0.3, 0.4) is 0 Å². The van der Waals surface area contributed by atoms with E-state index in [0.29, 0.717) is 5.75 Å². The molecule has 5 heteroatoms. The number of aromatic nitrogens is 2. The molecular formula is C21H21N3OS. The molecule has 0 saturated carbocycles. The number of aryl methyl sites for hydroxylation is 3. The molecule has 0 unspecified atom stereocenters. The zero-order chi connectivity index (χ0) is 18.3. The van der Waals surface area contributed by atoms with Crippen molar-refractivity contribution in [2.24, 2.45) is 0 Å². The van der Waals surface area contributed by atoms with Gasteiger partial charge in [0.05, 0.1) is 22.4 Å². The first-order chi connectivity index (χ1) is 12.5. The lowest BCUT2D eigenvalue weighted by atomic mass is 10.00. The molecule has 1 N–H and O–H groups in total. The van der Waals surface area contributed by atoms with E-state index in [4.69, 9.17) is 5.10 Å². The molecule has 0 aliphatic carbocycles. The lowest BCUT2D eigenvalue weighted by molar-refractivity contribution is -0.113. The number of rotatable bonds is 2. The van der Waals surface area contributed by atoms with E-state index >= 15 is 0 Å². The van der Waals surface area contributed by atoms with E-state index in [1.807, 2.05) is 29.8 Å². The maximum absolute atomic E-state index is 12.4. The third-order valence-corrected chi connectivity index (χ3v) is 6.01. The molecule has 1 amide bonds. The topological polar surface area (TPSA) is 46.9 Å². The lowest BCUT2D eigenvalue weighted by Crippen LogP contribution is -2.15. The zero-order valence-corrected chi connectivity index (χ0v) is 15.9. The van der Waals surface area contributed by atoms with Crippen LogP contribution in [0.15, 0.2) is 48.5 Å². The number of nitrogens with zero attached hydrogens (tertiary/aromatic N) is 2. The molecule has 4 nitrogen and oxygen atoms in total. The Kier molecular flexibility index (Phi) is 4.32. The molecular weight excluding hydrogens is 342 g/mol. The van der Waals surface area contributed by atoms with Crippen LogP contribution in [0.1, 0.15) is 33.2 Å². The summed E-state index contributed by atoms with van der Waals surface area (Å²) in [5.74, 6) is 1.23. The standard InChI is InChI=1S/C21H21N3OS/c1-13-8-10-16(11-9-13)24-21-19(15(3)23-24)20(26-12-18(25)22-21)17-7-5-4-6-14(17)2/h4-11,20H,12H2,1-3H3,(H,22,25)/t20-/m1/s1. The summed E-state index contributed by atoms with van der Waals surface area (Å²) in [6.45, 7) is 6.20. The minimum atomic E-state index is 0.0144. The highest BCUT2D eigenvalue weighted by molar-refractivity contribution is 8.00. The predicted molar refractivity (Wildman–Crippen MR) is 107 cm³/mol. The van der Waals surface area contributed by atoms with Crippen LogP contribution in [0.2, 0.25) is 0 Å². The maximum atomic E-state index is 12.4. The number of nitrogens with one attached hydrogen (secondary N) is 1. The summed E-state index contributed by atoms with van der Waals surface area (Å²) in [6.07, 6.45) is 0. The van der Waals surface area contributed by atoms with E-state index in [-0.39, 0.29) is 11.2 Å². The Labute approximate surface area is 157 Å². The Hall–Kier alpha value is -2.53. The first kappa shape index (κ1) is 16.9. The van der Waals surface area contributed by atoms with Crippen molar-refractivity contribution in [2.75, 3.05) is 11.1 Å². The van der Waals surface area contributed by atoms with E-state index in [2.05, 4.69) is 49.5 Å². The molecule has 3 aromatic rings. The minimum Gasteiger partial charge on any atom is -0.310 e. The average Bonchev–Trinajstić information content (AvgIpc) is 2.83. The number of benzene rings is 2. The molecule has 1 atom stereocenters. The predicted octanol–water partition coefficient (Wildman–Crippen LogP) is 4.57. The van der Waals surface area contributed by atoms with Crippen LogP contribution in [0.4, 0.5) is 5.82 Å². The van der Waals surface area contributed by atoms with Crippen LogP contribution in [-0.4, -0.2) is 21.4 Å². The Bertz CT molecular complexity index is 975. The Morgan fingerprint density at radius 1 is 1.08 bits per heavy atom. The highest BCUT2D eigenvalue weighted by Gasteiger charge is 2.31. The Balaban J connectivity index is 1.91. The smallest absolute Gasteiger partial charge is 0.235 e. The van der Waals surface area contributed by atoms with Gasteiger partial charge in [0, 0.05) is 5.56 Å². The first-order valence-electron chi connectivity index (χ1n) is 8.68. The van der Waals surface area contributed by atoms with Crippen LogP contribution < -0.4 is 5.32 Å². The molecule has 1 aliphatic rings. The highest BCUT2D eigenvalue weighted by Crippen LogP contribution is 2.44. The number of carbonyl (C=O) groups is 1. The molecule has 0 radical (unpaired) electrons. The fourth-order valence-electron chi connectivity index (χ4n) is 3.38. The Morgan fingerprint density at radius 2 is 1.81 bits per heavy atom. The van der Waals surface area contributed by atoms with Gasteiger partial charge in [-0.15, -0.1) is 11.8 Å². The molecule has 0 saturated heterocycles. The van der Waals surface area contributed by atoms with Crippen molar-refractivity contribution < 1.29 is 4.79 Å². The van der Waals surface area contributed by atoms with E-state index in [9.17, 15) is 4.79 Å². The molecule has 0 bridgehead atoms. The van der Waals surface area contributed by atoms with Gasteiger partial charge in [0.15, 0.2) is 0 Å². The van der Waals surface area contributed by atoms with E-state index in [0.717, 1.165) is 22.8 Å². The molecule has 1 aromatic heterocycles. The van der Waals surface area contributed by atoms with Gasteiger partial charge >= 0.3 is 0 Å². The monoisotopic (exact) mass is 363 g/mol. The van der Waals surface area contributed by atoms with E-state index < -0.39 is 0 Å². The summed E-state index contributed by atoms with van der Waals surface area (Å²) in [4.78, 5) is 12.4. The van der Waals surface area contributed by atoms with E-state index in [1.54, 1.807) is 11.8 Å². The van der Waals surface area contributed by atoms with Crippen LogP contribution in [0.5, 0.6) is 0 Å². The molecule has 1 aliphatic heterocycles. The number of amides is 1. The SMILES string of the molecule is Cc1ccc(-n2nc(C)c3c2NC(=O)CS[C@@H]3c2ccccc2C)cc1. The number of hydrogen-bond donors (Lipinski definition) is 1. The zero-order valence-electron chi connectivity index (χ0n) is 15.1. The second kappa shape index (κ2) is 6.65. The third-order valence-electron chi connectivity index (χ3n) is 4.76. The van der Waals surface area contributed by atoms with Crippen molar-refractivity contribution in [3.63, 3.8) is 0 Å². The average molecular weight is 363 g/mol. The van der Waals surface area contributed by atoms with E-state index in [1.165, 1.54) is 16.7 Å². The summed E-state index contributed by atoms with van der Waals surface area (Å²) in [6, 6.07) is 16.6. The quantitative estimate of drug-likeness (QED) is 0.725. The summed E-state index contributed by atoms with van der Waals surface area (Å²) in [5.41, 5.74) is 6.66. The van der Waals surface area contributed by atoms with Gasteiger partial charge in [0.25, 0.3) is 0 Å². The van der Waals surface area contributed by atoms with Crippen molar-refractivity contribution in [3.05, 3.63) is 76.5 Å². The fraction of sp³-hybridized carbons (Fsp3) is 0.238. The molecule has 2 heterocycles. The fourth-order valence-corrected chi connectivity index (χ4v) is 4.67. The van der Waals surface area contributed by atoms with Gasteiger partial charge in [0.1, 0.15) is 5.82 Å². The first-order valence-corrected chi connectivity index (χ1v) is 9.73. The molecule has 0 fully saturated rings. The summed E-state index contributed by atoms with van der Waals surface area (Å²) in [5, 5.41) is 7.93. The normalized spacial score (nSPS) is 16.7. The number of anilines is 1. The second-order valence-electron chi connectivity index (χ2n) is 6.69. The van der Waals surface area contributed by atoms with Gasteiger partial charge in [-0.2, -0.15) is 5.10 Å². The molecule has 132 valence electrons. The van der Waals surface area contributed by atoms with Gasteiger partial charge in [-0.1, -0.05) is 42.0 Å². The van der Waals surface area contributed by atoms with Crippen molar-refractivity contribution in [1.29, 1.82) is 0 Å². The third kappa shape index (κ3) is 2.92. The highest BCUT2D eigenvalue weighted by atomic mass is 32.2. The van der Waals surface area contributed by atoms with Gasteiger partial charge in [0.2, 0.25) is 5.91 Å². The number of carbonyl (C=O) groups excluding carboxylic acids is 1. The van der Waals surface area contributed by atoms with Gasteiger partial charge in [-0.05, 0) is 44.0 Å². The largest absolute Gasteiger partial charge is 0.310 e. The van der Waals surface area contributed by atoms with Crippen molar-refractivity contribution in [1.82, 2.24) is 9.78 Å². The van der Waals surface area contributed by atoms with Crippen molar-refractivity contribution in [2.45, 2.75) is 26.0 Å². The molecule has 26 heavy (non-hydrogen) atoms. The van der Waals surface area contributed by atoms with Gasteiger partial charge in [-0.3, -0.25) is 4.79 Å². The summed E-state index contributed by atoms with van der Waals surface area (Å²) < 4.78 is 1.86. The minimum absolute atomic E-state index is 0.0144. The maximum Gasteiger partial charge on any atom is 0.235 e. The van der Waals surface area contributed by atoms with Gasteiger partial charge < -0.3 is 5.32 Å². The second-order valence-corrected chi connectivity index (χ2v) is 7.78. The molecule has 2 aromatic carbocycles. The number of fused-ring (bicyclic) bond motifs is 1. The van der Waals surface area contributed by atoms with Crippen LogP contribution in [-0.2, 0) is 4.79 Å². The van der Waals surface area contributed by atoms with Crippen LogP contribution >= 0.6 is 11.8 Å². The number of hydrogen-bond acceptors (Lipinski definition) is 3. The van der Waals surface area contributed by atoms with Crippen LogP contribution in [0, 0.1) is 20.8 Å². The number of thioether (sulfide) groups is 1. The van der Waals surface area contributed by atoms with Crippen molar-refractivity contribution in [3.8, 4) is 5.69 Å².